The summed E-state index contributed by atoms with van der Waals surface area (Å²) in [5.74, 6) is 3.42. The number of rotatable bonds is 4. The van der Waals surface area contributed by atoms with E-state index in [1.54, 1.807) is 7.11 Å². The van der Waals surface area contributed by atoms with Crippen molar-refractivity contribution in [2.24, 2.45) is 0 Å². The van der Waals surface area contributed by atoms with Gasteiger partial charge in [0, 0.05) is 37.0 Å². The predicted octanol–water partition coefficient (Wildman–Crippen LogP) is 3.08. The second kappa shape index (κ2) is 7.67. The van der Waals surface area contributed by atoms with Crippen LogP contribution in [0.3, 0.4) is 0 Å². The van der Waals surface area contributed by atoms with Crippen LogP contribution in [0, 0.1) is 0 Å². The van der Waals surface area contributed by atoms with E-state index in [0.29, 0.717) is 13.2 Å². The lowest BCUT2D eigenvalue weighted by Crippen LogP contribution is -2.37. The fraction of sp³-hybridized carbons (Fsp3) is 0.318. The van der Waals surface area contributed by atoms with Crippen molar-refractivity contribution in [3.8, 4) is 17.0 Å². The Morgan fingerprint density at radius 2 is 1.90 bits per heavy atom. The lowest BCUT2D eigenvalue weighted by atomic mass is 10.1. The minimum absolute atomic E-state index is 0.693. The first-order valence-corrected chi connectivity index (χ1v) is 9.90. The van der Waals surface area contributed by atoms with E-state index in [2.05, 4.69) is 20.9 Å². The molecule has 3 aromatic rings. The van der Waals surface area contributed by atoms with Crippen LogP contribution in [0.1, 0.15) is 5.56 Å². The van der Waals surface area contributed by atoms with E-state index in [9.17, 15) is 0 Å². The van der Waals surface area contributed by atoms with Gasteiger partial charge in [-0.1, -0.05) is 18.2 Å². The molecular weight excluding hydrogens is 366 g/mol. The number of nitrogens with zero attached hydrogens (tertiary/aromatic N) is 5. The standard InChI is InChI=1S/C22H23N5O2/c1-28-17-6-4-5-16(15-17)20-18-8-10-27(19-7-2-3-9-23-19)21(18)25-22(24-20)26-11-13-29-14-12-26/h2-7,9,15H,8,10-14H2,1H3. The number of aromatic nitrogens is 3. The van der Waals surface area contributed by atoms with Gasteiger partial charge in [-0.25, -0.2) is 9.97 Å². The van der Waals surface area contributed by atoms with E-state index in [4.69, 9.17) is 19.4 Å². The molecule has 1 fully saturated rings. The molecule has 1 aromatic carbocycles. The Bertz CT molecular complexity index is 1010. The van der Waals surface area contributed by atoms with Gasteiger partial charge in [0.05, 0.1) is 26.0 Å². The number of morpholine rings is 1. The Morgan fingerprint density at radius 3 is 2.69 bits per heavy atom. The van der Waals surface area contributed by atoms with Gasteiger partial charge in [-0.15, -0.1) is 0 Å². The van der Waals surface area contributed by atoms with Crippen molar-refractivity contribution < 1.29 is 9.47 Å². The Hall–Kier alpha value is -3.19. The summed E-state index contributed by atoms with van der Waals surface area (Å²) in [6.07, 6.45) is 2.70. The highest BCUT2D eigenvalue weighted by molar-refractivity contribution is 5.76. The summed E-state index contributed by atoms with van der Waals surface area (Å²) in [4.78, 5) is 18.9. The van der Waals surface area contributed by atoms with Gasteiger partial charge in [-0.2, -0.15) is 4.98 Å². The summed E-state index contributed by atoms with van der Waals surface area (Å²) in [5.41, 5.74) is 3.16. The zero-order chi connectivity index (χ0) is 19.6. The largest absolute Gasteiger partial charge is 0.497 e. The minimum atomic E-state index is 0.693. The van der Waals surface area contributed by atoms with Crippen LogP contribution in [0.15, 0.2) is 48.7 Å². The zero-order valence-corrected chi connectivity index (χ0v) is 16.4. The first-order chi connectivity index (χ1) is 14.3. The van der Waals surface area contributed by atoms with Crippen LogP contribution in [-0.2, 0) is 11.2 Å². The number of methoxy groups -OCH3 is 1. The Kier molecular flexibility index (Phi) is 4.73. The molecule has 0 bridgehead atoms. The number of hydrogen-bond acceptors (Lipinski definition) is 7. The maximum absolute atomic E-state index is 5.52. The molecule has 4 heterocycles. The van der Waals surface area contributed by atoms with E-state index in [0.717, 1.165) is 66.2 Å². The van der Waals surface area contributed by atoms with Gasteiger partial charge in [-0.05, 0) is 30.7 Å². The number of hydrogen-bond donors (Lipinski definition) is 0. The molecule has 2 aromatic heterocycles. The summed E-state index contributed by atoms with van der Waals surface area (Å²) in [6.45, 7) is 3.81. The molecular formula is C22H23N5O2. The predicted molar refractivity (Wildman–Crippen MR) is 112 cm³/mol. The molecule has 1 saturated heterocycles. The number of pyridine rings is 1. The summed E-state index contributed by atoms with van der Waals surface area (Å²) < 4.78 is 11.0. The minimum Gasteiger partial charge on any atom is -0.497 e. The summed E-state index contributed by atoms with van der Waals surface area (Å²) in [5, 5.41) is 0. The summed E-state index contributed by atoms with van der Waals surface area (Å²) in [6, 6.07) is 14.0. The van der Waals surface area contributed by atoms with Crippen LogP contribution in [0.4, 0.5) is 17.6 Å². The molecule has 7 heteroatoms. The van der Waals surface area contributed by atoms with Crippen molar-refractivity contribution >= 4 is 17.6 Å². The van der Waals surface area contributed by atoms with Crippen LogP contribution in [0.25, 0.3) is 11.3 Å². The Labute approximate surface area is 169 Å². The molecule has 7 nitrogen and oxygen atoms in total. The van der Waals surface area contributed by atoms with E-state index >= 15 is 0 Å². The molecule has 0 spiro atoms. The average molecular weight is 389 g/mol. The molecule has 2 aliphatic rings. The third kappa shape index (κ3) is 3.38. The molecule has 0 saturated carbocycles. The van der Waals surface area contributed by atoms with Gasteiger partial charge in [0.1, 0.15) is 17.4 Å². The molecule has 29 heavy (non-hydrogen) atoms. The van der Waals surface area contributed by atoms with Crippen LogP contribution in [0.5, 0.6) is 5.75 Å². The van der Waals surface area contributed by atoms with Crippen molar-refractivity contribution in [3.63, 3.8) is 0 Å². The first-order valence-electron chi connectivity index (χ1n) is 9.90. The fourth-order valence-corrected chi connectivity index (χ4v) is 3.89. The highest BCUT2D eigenvalue weighted by atomic mass is 16.5. The van der Waals surface area contributed by atoms with Gasteiger partial charge in [-0.3, -0.25) is 0 Å². The van der Waals surface area contributed by atoms with E-state index in [-0.39, 0.29) is 0 Å². The normalized spacial score (nSPS) is 16.0. The topological polar surface area (TPSA) is 63.6 Å². The van der Waals surface area contributed by atoms with Gasteiger partial charge in [0.2, 0.25) is 5.95 Å². The van der Waals surface area contributed by atoms with Gasteiger partial charge >= 0.3 is 0 Å². The second-order valence-corrected chi connectivity index (χ2v) is 7.10. The lowest BCUT2D eigenvalue weighted by molar-refractivity contribution is 0.122. The summed E-state index contributed by atoms with van der Waals surface area (Å²) in [7, 11) is 1.69. The van der Waals surface area contributed by atoms with E-state index in [1.165, 1.54) is 0 Å². The molecule has 0 radical (unpaired) electrons. The Balaban J connectivity index is 1.65. The molecule has 0 N–H and O–H groups in total. The zero-order valence-electron chi connectivity index (χ0n) is 16.4. The van der Waals surface area contributed by atoms with Crippen LogP contribution < -0.4 is 14.5 Å². The molecule has 2 aliphatic heterocycles. The molecule has 0 amide bonds. The van der Waals surface area contributed by atoms with Crippen LogP contribution in [0.2, 0.25) is 0 Å². The quantitative estimate of drug-likeness (QED) is 0.679. The maximum atomic E-state index is 5.52. The third-order valence-corrected chi connectivity index (χ3v) is 5.38. The molecule has 0 unspecified atom stereocenters. The summed E-state index contributed by atoms with van der Waals surface area (Å²) >= 11 is 0. The smallest absolute Gasteiger partial charge is 0.228 e. The fourth-order valence-electron chi connectivity index (χ4n) is 3.89. The highest BCUT2D eigenvalue weighted by Crippen LogP contribution is 2.39. The van der Waals surface area contributed by atoms with Crippen molar-refractivity contribution in [2.75, 3.05) is 49.8 Å². The molecule has 0 aliphatic carbocycles. The maximum Gasteiger partial charge on any atom is 0.228 e. The van der Waals surface area contributed by atoms with Crippen molar-refractivity contribution in [2.45, 2.75) is 6.42 Å². The number of fused-ring (bicyclic) bond motifs is 1. The molecule has 5 rings (SSSR count). The lowest BCUT2D eigenvalue weighted by Gasteiger charge is -2.28. The van der Waals surface area contributed by atoms with Crippen molar-refractivity contribution in [1.82, 2.24) is 15.0 Å². The first kappa shape index (κ1) is 17.9. The average Bonchev–Trinajstić information content (AvgIpc) is 3.24. The van der Waals surface area contributed by atoms with E-state index < -0.39 is 0 Å². The van der Waals surface area contributed by atoms with E-state index in [1.807, 2.05) is 42.6 Å². The van der Waals surface area contributed by atoms with Crippen LogP contribution in [-0.4, -0.2) is 54.9 Å². The highest BCUT2D eigenvalue weighted by Gasteiger charge is 2.29. The monoisotopic (exact) mass is 389 g/mol. The SMILES string of the molecule is COc1cccc(-c2nc(N3CCOCC3)nc3c2CCN3c2ccccn2)c1. The van der Waals surface area contributed by atoms with Crippen molar-refractivity contribution in [1.29, 1.82) is 0 Å². The van der Waals surface area contributed by atoms with Crippen LogP contribution >= 0.6 is 0 Å². The number of anilines is 3. The third-order valence-electron chi connectivity index (χ3n) is 5.38. The van der Waals surface area contributed by atoms with Gasteiger partial charge < -0.3 is 19.3 Å². The number of benzene rings is 1. The molecule has 148 valence electrons. The number of ether oxygens (including phenoxy) is 2. The molecule has 0 atom stereocenters. The Morgan fingerprint density at radius 1 is 1.00 bits per heavy atom. The second-order valence-electron chi connectivity index (χ2n) is 7.10. The van der Waals surface area contributed by atoms with Gasteiger partial charge in [0.25, 0.3) is 0 Å². The van der Waals surface area contributed by atoms with Gasteiger partial charge in [0.15, 0.2) is 0 Å². The van der Waals surface area contributed by atoms with Crippen molar-refractivity contribution in [3.05, 3.63) is 54.2 Å².